The minimum atomic E-state index is 0.312. The van der Waals surface area contributed by atoms with Crippen molar-refractivity contribution in [1.29, 1.82) is 0 Å². The van der Waals surface area contributed by atoms with E-state index in [4.69, 9.17) is 0 Å². The van der Waals surface area contributed by atoms with Crippen LogP contribution in [0, 0.1) is 12.8 Å². The van der Waals surface area contributed by atoms with Gasteiger partial charge in [-0.15, -0.1) is 0 Å². The van der Waals surface area contributed by atoms with Gasteiger partial charge in [0.2, 0.25) is 5.91 Å². The lowest BCUT2D eigenvalue weighted by molar-refractivity contribution is -0.133. The second-order valence-electron chi connectivity index (χ2n) is 8.33. The first-order chi connectivity index (χ1) is 14.2. The Morgan fingerprint density at radius 2 is 1.90 bits per heavy atom. The van der Waals surface area contributed by atoms with Crippen LogP contribution in [0.25, 0.3) is 5.65 Å². The van der Waals surface area contributed by atoms with Gasteiger partial charge in [-0.3, -0.25) is 4.79 Å². The van der Waals surface area contributed by atoms with E-state index in [1.54, 1.807) is 6.20 Å². The topological polar surface area (TPSA) is 53.7 Å². The molecule has 3 aromatic rings. The van der Waals surface area contributed by atoms with E-state index < -0.39 is 0 Å². The van der Waals surface area contributed by atoms with E-state index in [2.05, 4.69) is 45.3 Å². The van der Waals surface area contributed by atoms with Crippen LogP contribution in [0.5, 0.6) is 0 Å². The van der Waals surface area contributed by atoms with Crippen molar-refractivity contribution in [3.05, 3.63) is 59.4 Å². The Morgan fingerprint density at radius 1 is 1.10 bits per heavy atom. The van der Waals surface area contributed by atoms with Crippen molar-refractivity contribution in [2.75, 3.05) is 24.5 Å². The number of piperidine rings is 1. The number of benzene rings is 1. The highest BCUT2D eigenvalue weighted by Crippen LogP contribution is 2.27. The molecule has 0 bridgehead atoms. The Bertz CT molecular complexity index is 1030. The van der Waals surface area contributed by atoms with Gasteiger partial charge in [-0.2, -0.15) is 9.61 Å². The largest absolute Gasteiger partial charge is 0.356 e. The number of hydrogen-bond acceptors (Lipinski definition) is 4. The van der Waals surface area contributed by atoms with E-state index in [9.17, 15) is 4.79 Å². The zero-order valence-electron chi connectivity index (χ0n) is 16.9. The van der Waals surface area contributed by atoms with Gasteiger partial charge in [-0.25, -0.2) is 4.98 Å². The SMILES string of the molecule is Cc1cc(N2CCC(CC(=O)N3CCc4ccccc4C3)CC2)n2nccc2n1. The van der Waals surface area contributed by atoms with Gasteiger partial charge < -0.3 is 9.80 Å². The van der Waals surface area contributed by atoms with Gasteiger partial charge in [-0.05, 0) is 43.2 Å². The van der Waals surface area contributed by atoms with Crippen LogP contribution in [0.1, 0.15) is 36.1 Å². The molecule has 0 atom stereocenters. The standard InChI is InChI=1S/C23H27N5O/c1-17-14-22(28-21(25-17)6-10-24-28)26-11-7-18(8-12-26)15-23(29)27-13-9-19-4-2-3-5-20(19)16-27/h2-6,10,14,18H,7-9,11-13,15-16H2,1H3. The van der Waals surface area contributed by atoms with Crippen molar-refractivity contribution in [2.24, 2.45) is 5.92 Å². The maximum absolute atomic E-state index is 12.9. The van der Waals surface area contributed by atoms with E-state index >= 15 is 0 Å². The molecule has 0 saturated carbocycles. The summed E-state index contributed by atoms with van der Waals surface area (Å²) in [5, 5.41) is 4.43. The van der Waals surface area contributed by atoms with E-state index in [0.717, 1.165) is 62.6 Å². The lowest BCUT2D eigenvalue weighted by Gasteiger charge is -2.35. The molecule has 2 aromatic heterocycles. The van der Waals surface area contributed by atoms with Gasteiger partial charge in [0.25, 0.3) is 0 Å². The molecular weight excluding hydrogens is 362 g/mol. The number of rotatable bonds is 3. The lowest BCUT2D eigenvalue weighted by Crippen LogP contribution is -2.39. The zero-order chi connectivity index (χ0) is 19.8. The molecule has 29 heavy (non-hydrogen) atoms. The summed E-state index contributed by atoms with van der Waals surface area (Å²) >= 11 is 0. The maximum Gasteiger partial charge on any atom is 0.223 e. The van der Waals surface area contributed by atoms with Crippen LogP contribution in [-0.2, 0) is 17.8 Å². The van der Waals surface area contributed by atoms with E-state index in [1.807, 2.05) is 22.4 Å². The summed E-state index contributed by atoms with van der Waals surface area (Å²) in [5.41, 5.74) is 4.60. The number of fused-ring (bicyclic) bond motifs is 2. The number of carbonyl (C=O) groups is 1. The average molecular weight is 390 g/mol. The van der Waals surface area contributed by atoms with Crippen molar-refractivity contribution < 1.29 is 4.79 Å². The molecule has 6 nitrogen and oxygen atoms in total. The first-order valence-corrected chi connectivity index (χ1v) is 10.6. The molecule has 1 amide bonds. The average Bonchev–Trinajstić information content (AvgIpc) is 3.22. The molecule has 0 unspecified atom stereocenters. The van der Waals surface area contributed by atoms with E-state index in [0.29, 0.717) is 18.2 Å². The molecular formula is C23H27N5O. The molecule has 0 spiro atoms. The fraction of sp³-hybridized carbons (Fsp3) is 0.435. The highest BCUT2D eigenvalue weighted by atomic mass is 16.2. The summed E-state index contributed by atoms with van der Waals surface area (Å²) in [5.74, 6) is 1.88. The fourth-order valence-electron chi connectivity index (χ4n) is 4.69. The quantitative estimate of drug-likeness (QED) is 0.690. The van der Waals surface area contributed by atoms with Crippen LogP contribution in [0.4, 0.5) is 5.82 Å². The van der Waals surface area contributed by atoms with Crippen LogP contribution >= 0.6 is 0 Å². The van der Waals surface area contributed by atoms with E-state index in [1.165, 1.54) is 11.1 Å². The molecule has 2 aliphatic rings. The molecule has 1 fully saturated rings. The number of amides is 1. The second-order valence-corrected chi connectivity index (χ2v) is 8.33. The summed E-state index contributed by atoms with van der Waals surface area (Å²) in [6.07, 6.45) is 5.53. The van der Waals surface area contributed by atoms with Gasteiger partial charge in [0.15, 0.2) is 5.65 Å². The predicted molar refractivity (Wildman–Crippen MR) is 113 cm³/mol. The van der Waals surface area contributed by atoms with Crippen molar-refractivity contribution in [3.8, 4) is 0 Å². The normalized spacial score (nSPS) is 17.6. The van der Waals surface area contributed by atoms with Crippen LogP contribution in [0.3, 0.4) is 0 Å². The Kier molecular flexibility index (Phi) is 4.70. The molecule has 1 aromatic carbocycles. The molecule has 0 aliphatic carbocycles. The molecule has 5 rings (SSSR count). The van der Waals surface area contributed by atoms with Crippen molar-refractivity contribution in [1.82, 2.24) is 19.5 Å². The minimum absolute atomic E-state index is 0.312. The lowest BCUT2D eigenvalue weighted by atomic mass is 9.92. The Labute approximate surface area is 171 Å². The molecule has 1 saturated heterocycles. The molecule has 4 heterocycles. The maximum atomic E-state index is 12.9. The molecule has 0 radical (unpaired) electrons. The summed E-state index contributed by atoms with van der Waals surface area (Å²) in [6, 6.07) is 12.5. The van der Waals surface area contributed by atoms with Crippen LogP contribution in [0.2, 0.25) is 0 Å². The summed E-state index contributed by atoms with van der Waals surface area (Å²) in [6.45, 7) is 5.56. The van der Waals surface area contributed by atoms with Crippen molar-refractivity contribution in [3.63, 3.8) is 0 Å². The summed E-state index contributed by atoms with van der Waals surface area (Å²) in [4.78, 5) is 21.9. The Balaban J connectivity index is 1.20. The number of carbonyl (C=O) groups excluding carboxylic acids is 1. The first-order valence-electron chi connectivity index (χ1n) is 10.6. The summed E-state index contributed by atoms with van der Waals surface area (Å²) in [7, 11) is 0. The molecule has 0 N–H and O–H groups in total. The minimum Gasteiger partial charge on any atom is -0.356 e. The zero-order valence-corrected chi connectivity index (χ0v) is 16.9. The predicted octanol–water partition coefficient (Wildman–Crippen LogP) is 3.23. The highest BCUT2D eigenvalue weighted by Gasteiger charge is 2.27. The Hall–Kier alpha value is -2.89. The third-order valence-electron chi connectivity index (χ3n) is 6.35. The molecule has 6 heteroatoms. The number of aryl methyl sites for hydroxylation is 1. The van der Waals surface area contributed by atoms with Crippen LogP contribution < -0.4 is 4.90 Å². The van der Waals surface area contributed by atoms with Gasteiger partial charge in [0.1, 0.15) is 5.82 Å². The Morgan fingerprint density at radius 3 is 2.72 bits per heavy atom. The van der Waals surface area contributed by atoms with Gasteiger partial charge in [0, 0.05) is 50.4 Å². The highest BCUT2D eigenvalue weighted by molar-refractivity contribution is 5.76. The number of hydrogen-bond donors (Lipinski definition) is 0. The number of nitrogens with zero attached hydrogens (tertiary/aromatic N) is 5. The van der Waals surface area contributed by atoms with Crippen molar-refractivity contribution in [2.45, 2.75) is 39.2 Å². The number of anilines is 1. The molecule has 150 valence electrons. The smallest absolute Gasteiger partial charge is 0.223 e. The van der Waals surface area contributed by atoms with E-state index in [-0.39, 0.29) is 0 Å². The summed E-state index contributed by atoms with van der Waals surface area (Å²) < 4.78 is 1.92. The molecule has 2 aliphatic heterocycles. The third kappa shape index (κ3) is 3.59. The second kappa shape index (κ2) is 7.50. The van der Waals surface area contributed by atoms with Crippen LogP contribution in [0.15, 0.2) is 42.6 Å². The third-order valence-corrected chi connectivity index (χ3v) is 6.35. The van der Waals surface area contributed by atoms with Crippen LogP contribution in [-0.4, -0.2) is 45.0 Å². The number of aromatic nitrogens is 3. The van der Waals surface area contributed by atoms with Gasteiger partial charge >= 0.3 is 0 Å². The fourth-order valence-corrected chi connectivity index (χ4v) is 4.69. The van der Waals surface area contributed by atoms with Crippen molar-refractivity contribution >= 4 is 17.4 Å². The van der Waals surface area contributed by atoms with Gasteiger partial charge in [0.05, 0.1) is 6.20 Å². The monoisotopic (exact) mass is 389 g/mol. The first kappa shape index (κ1) is 18.2. The van der Waals surface area contributed by atoms with Gasteiger partial charge in [-0.1, -0.05) is 24.3 Å².